The van der Waals surface area contributed by atoms with Crippen molar-refractivity contribution in [1.82, 2.24) is 9.80 Å². The molecule has 0 radical (unpaired) electrons. The van der Waals surface area contributed by atoms with Crippen LogP contribution in [0.3, 0.4) is 0 Å². The Bertz CT molecular complexity index is 320. The molecule has 19 heavy (non-hydrogen) atoms. The summed E-state index contributed by atoms with van der Waals surface area (Å²) in [6.07, 6.45) is 3.83. The van der Waals surface area contributed by atoms with Gasteiger partial charge in [-0.2, -0.15) is 0 Å². The first-order valence-corrected chi connectivity index (χ1v) is 7.19. The van der Waals surface area contributed by atoms with E-state index in [1.807, 2.05) is 18.9 Å². The Labute approximate surface area is 115 Å². The number of rotatable bonds is 5. The van der Waals surface area contributed by atoms with Crippen molar-refractivity contribution in [1.29, 1.82) is 0 Å². The molecule has 0 bridgehead atoms. The van der Waals surface area contributed by atoms with E-state index in [1.54, 1.807) is 4.90 Å². The van der Waals surface area contributed by atoms with Crippen LogP contribution >= 0.6 is 0 Å². The normalized spacial score (nSPS) is 21.0. The van der Waals surface area contributed by atoms with Crippen LogP contribution in [0.2, 0.25) is 0 Å². The van der Waals surface area contributed by atoms with Gasteiger partial charge in [-0.05, 0) is 38.5 Å². The van der Waals surface area contributed by atoms with E-state index >= 15 is 0 Å². The van der Waals surface area contributed by atoms with Crippen LogP contribution in [0.5, 0.6) is 0 Å². The highest BCUT2D eigenvalue weighted by Crippen LogP contribution is 2.22. The van der Waals surface area contributed by atoms with E-state index in [0.717, 1.165) is 25.8 Å². The largest absolute Gasteiger partial charge is 0.481 e. The maximum Gasteiger partial charge on any atom is 0.319 e. The van der Waals surface area contributed by atoms with Crippen LogP contribution < -0.4 is 0 Å². The lowest BCUT2D eigenvalue weighted by molar-refractivity contribution is -0.137. The highest BCUT2D eigenvalue weighted by atomic mass is 16.4. The molecule has 1 saturated heterocycles. The summed E-state index contributed by atoms with van der Waals surface area (Å²) >= 11 is 0. The molecule has 1 aliphatic heterocycles. The van der Waals surface area contributed by atoms with Gasteiger partial charge in [-0.1, -0.05) is 6.92 Å². The number of carboxylic acid groups (broad SMARTS) is 1. The van der Waals surface area contributed by atoms with E-state index in [4.69, 9.17) is 5.11 Å². The smallest absolute Gasteiger partial charge is 0.319 e. The topological polar surface area (TPSA) is 60.9 Å². The van der Waals surface area contributed by atoms with Gasteiger partial charge in [0.2, 0.25) is 0 Å². The number of amides is 2. The predicted octanol–water partition coefficient (Wildman–Crippen LogP) is 2.41. The minimum atomic E-state index is -0.750. The van der Waals surface area contributed by atoms with E-state index in [1.165, 1.54) is 0 Å². The van der Waals surface area contributed by atoms with Crippen LogP contribution in [0, 0.1) is 5.92 Å². The van der Waals surface area contributed by atoms with Crippen molar-refractivity contribution in [2.45, 2.75) is 52.0 Å². The molecule has 0 saturated carbocycles. The van der Waals surface area contributed by atoms with Gasteiger partial charge >= 0.3 is 12.0 Å². The molecule has 5 nitrogen and oxygen atoms in total. The van der Waals surface area contributed by atoms with E-state index in [2.05, 4.69) is 6.92 Å². The molecule has 1 N–H and O–H groups in total. The van der Waals surface area contributed by atoms with Gasteiger partial charge in [-0.25, -0.2) is 4.79 Å². The summed E-state index contributed by atoms with van der Waals surface area (Å²) < 4.78 is 0. The van der Waals surface area contributed by atoms with Crippen LogP contribution in [-0.2, 0) is 4.79 Å². The maximum atomic E-state index is 12.3. The lowest BCUT2D eigenvalue weighted by Crippen LogP contribution is -2.48. The second-order valence-corrected chi connectivity index (χ2v) is 5.54. The molecule has 110 valence electrons. The monoisotopic (exact) mass is 270 g/mol. The lowest BCUT2D eigenvalue weighted by atomic mass is 9.93. The minimum Gasteiger partial charge on any atom is -0.481 e. The minimum absolute atomic E-state index is 0.0781. The Morgan fingerprint density at radius 3 is 2.74 bits per heavy atom. The van der Waals surface area contributed by atoms with Crippen molar-refractivity contribution in [3.05, 3.63) is 0 Å². The van der Waals surface area contributed by atoms with Crippen molar-refractivity contribution in [2.24, 2.45) is 5.92 Å². The summed E-state index contributed by atoms with van der Waals surface area (Å²) in [4.78, 5) is 26.6. The fourth-order valence-electron chi connectivity index (χ4n) is 2.49. The number of aliphatic carboxylic acids is 1. The molecule has 1 fully saturated rings. The zero-order chi connectivity index (χ0) is 14.4. The maximum absolute atomic E-state index is 12.3. The highest BCUT2D eigenvalue weighted by molar-refractivity contribution is 5.74. The molecule has 5 heteroatoms. The van der Waals surface area contributed by atoms with Crippen molar-refractivity contribution < 1.29 is 14.7 Å². The zero-order valence-corrected chi connectivity index (χ0v) is 12.3. The molecular formula is C14H26N2O3. The number of piperidine rings is 1. The van der Waals surface area contributed by atoms with Gasteiger partial charge in [-0.15, -0.1) is 0 Å². The Kier molecular flexibility index (Phi) is 6.12. The van der Waals surface area contributed by atoms with Gasteiger partial charge in [-0.3, -0.25) is 4.79 Å². The number of nitrogens with zero attached hydrogens (tertiary/aromatic N) is 2. The summed E-state index contributed by atoms with van der Waals surface area (Å²) in [5, 5.41) is 8.72. The molecule has 2 amide bonds. The van der Waals surface area contributed by atoms with Crippen LogP contribution in [0.1, 0.15) is 46.0 Å². The summed E-state index contributed by atoms with van der Waals surface area (Å²) in [6, 6.07) is 0.321. The predicted molar refractivity (Wildman–Crippen MR) is 74.1 cm³/mol. The molecule has 0 spiro atoms. The molecule has 0 aromatic rings. The van der Waals surface area contributed by atoms with E-state index in [9.17, 15) is 9.59 Å². The number of carboxylic acids is 1. The van der Waals surface area contributed by atoms with Crippen molar-refractivity contribution >= 4 is 12.0 Å². The van der Waals surface area contributed by atoms with E-state index in [0.29, 0.717) is 18.9 Å². The summed E-state index contributed by atoms with van der Waals surface area (Å²) in [7, 11) is 1.84. The molecule has 2 atom stereocenters. The molecule has 1 heterocycles. The average molecular weight is 270 g/mol. The molecule has 0 aromatic carbocycles. The quantitative estimate of drug-likeness (QED) is 0.834. The third-order valence-corrected chi connectivity index (χ3v) is 4.11. The fourth-order valence-corrected chi connectivity index (χ4v) is 2.49. The Morgan fingerprint density at radius 2 is 2.16 bits per heavy atom. The molecule has 0 aromatic heterocycles. The van der Waals surface area contributed by atoms with Crippen LogP contribution in [0.15, 0.2) is 0 Å². The third-order valence-electron chi connectivity index (χ3n) is 4.11. The number of hydrogen-bond donors (Lipinski definition) is 1. The molecule has 1 aliphatic rings. The van der Waals surface area contributed by atoms with Gasteiger partial charge in [0, 0.05) is 32.6 Å². The van der Waals surface area contributed by atoms with Crippen LogP contribution in [0.4, 0.5) is 4.79 Å². The lowest BCUT2D eigenvalue weighted by Gasteiger charge is -2.37. The number of likely N-dealkylation sites (tertiary alicyclic amines) is 1. The molecule has 0 aliphatic carbocycles. The second-order valence-electron chi connectivity index (χ2n) is 5.54. The third kappa shape index (κ3) is 4.73. The fraction of sp³-hybridized carbons (Fsp3) is 0.857. The van der Waals surface area contributed by atoms with E-state index < -0.39 is 5.97 Å². The Hall–Kier alpha value is -1.26. The first kappa shape index (κ1) is 15.8. The van der Waals surface area contributed by atoms with E-state index in [-0.39, 0.29) is 18.5 Å². The highest BCUT2D eigenvalue weighted by Gasteiger charge is 2.27. The van der Waals surface area contributed by atoms with Crippen LogP contribution in [-0.4, -0.2) is 53.1 Å². The van der Waals surface area contributed by atoms with Crippen molar-refractivity contribution in [3.63, 3.8) is 0 Å². The first-order chi connectivity index (χ1) is 8.95. The SMILES string of the molecule is CCC(C)N(C)C(=O)N1CCCC(CCC(=O)O)C1. The van der Waals surface area contributed by atoms with Gasteiger partial charge in [0.1, 0.15) is 0 Å². The first-order valence-electron chi connectivity index (χ1n) is 7.19. The molecule has 2 unspecified atom stereocenters. The number of hydrogen-bond acceptors (Lipinski definition) is 2. The second kappa shape index (κ2) is 7.36. The number of carbonyl (C=O) groups excluding carboxylic acids is 1. The Balaban J connectivity index is 2.49. The van der Waals surface area contributed by atoms with Gasteiger partial charge in [0.05, 0.1) is 0 Å². The standard InChI is InChI=1S/C14H26N2O3/c1-4-11(2)15(3)14(19)16-9-5-6-12(10-16)7-8-13(17)18/h11-12H,4-10H2,1-3H3,(H,17,18). The Morgan fingerprint density at radius 1 is 1.47 bits per heavy atom. The van der Waals surface area contributed by atoms with Gasteiger partial charge in [0.15, 0.2) is 0 Å². The molecule has 1 rings (SSSR count). The van der Waals surface area contributed by atoms with Crippen molar-refractivity contribution in [2.75, 3.05) is 20.1 Å². The average Bonchev–Trinajstić information content (AvgIpc) is 2.42. The number of carbonyl (C=O) groups is 2. The van der Waals surface area contributed by atoms with Gasteiger partial charge in [0.25, 0.3) is 0 Å². The zero-order valence-electron chi connectivity index (χ0n) is 12.3. The summed E-state index contributed by atoms with van der Waals surface area (Å²) in [5.74, 6) is -0.417. The molecular weight excluding hydrogens is 244 g/mol. The summed E-state index contributed by atoms with van der Waals surface area (Å²) in [5.41, 5.74) is 0. The van der Waals surface area contributed by atoms with Crippen molar-refractivity contribution in [3.8, 4) is 0 Å². The van der Waals surface area contributed by atoms with Gasteiger partial charge < -0.3 is 14.9 Å². The number of urea groups is 1. The van der Waals surface area contributed by atoms with Crippen LogP contribution in [0.25, 0.3) is 0 Å². The summed E-state index contributed by atoms with van der Waals surface area (Å²) in [6.45, 7) is 5.61.